The van der Waals surface area contributed by atoms with Crippen LogP contribution in [0, 0.1) is 6.92 Å². The SMILES string of the molecule is Cc1cc(O)cc(C(=O)c2ccccc2C(=O)O)c1O. The summed E-state index contributed by atoms with van der Waals surface area (Å²) in [5.41, 5.74) is 0.00977. The first-order valence-electron chi connectivity index (χ1n) is 5.81. The first-order chi connectivity index (χ1) is 9.41. The number of phenols is 2. The van der Waals surface area contributed by atoms with E-state index in [2.05, 4.69) is 0 Å². The minimum Gasteiger partial charge on any atom is -0.508 e. The minimum absolute atomic E-state index is 0.0414. The van der Waals surface area contributed by atoms with Gasteiger partial charge in [0.1, 0.15) is 11.5 Å². The normalized spacial score (nSPS) is 10.2. The fourth-order valence-corrected chi connectivity index (χ4v) is 1.95. The zero-order valence-corrected chi connectivity index (χ0v) is 10.6. The molecule has 0 unspecified atom stereocenters. The van der Waals surface area contributed by atoms with Crippen LogP contribution in [0.15, 0.2) is 36.4 Å². The molecule has 0 atom stereocenters. The van der Waals surface area contributed by atoms with E-state index in [0.717, 1.165) is 6.07 Å². The van der Waals surface area contributed by atoms with Crippen molar-refractivity contribution < 1.29 is 24.9 Å². The van der Waals surface area contributed by atoms with Gasteiger partial charge in [-0.2, -0.15) is 0 Å². The number of aromatic hydroxyl groups is 2. The smallest absolute Gasteiger partial charge is 0.336 e. The summed E-state index contributed by atoms with van der Waals surface area (Å²) >= 11 is 0. The first kappa shape index (κ1) is 13.6. The maximum Gasteiger partial charge on any atom is 0.336 e. The van der Waals surface area contributed by atoms with E-state index >= 15 is 0 Å². The molecule has 0 aliphatic rings. The predicted octanol–water partition coefficient (Wildman–Crippen LogP) is 2.34. The highest BCUT2D eigenvalue weighted by atomic mass is 16.4. The molecule has 0 aliphatic heterocycles. The second kappa shape index (κ2) is 5.05. The Morgan fingerprint density at radius 3 is 2.15 bits per heavy atom. The average molecular weight is 272 g/mol. The van der Waals surface area contributed by atoms with Crippen LogP contribution in [-0.4, -0.2) is 27.1 Å². The lowest BCUT2D eigenvalue weighted by atomic mass is 9.96. The summed E-state index contributed by atoms with van der Waals surface area (Å²) in [6, 6.07) is 8.14. The number of aromatic carboxylic acids is 1. The number of carbonyl (C=O) groups excluding carboxylic acids is 1. The summed E-state index contributed by atoms with van der Waals surface area (Å²) in [5, 5.41) is 28.5. The van der Waals surface area contributed by atoms with E-state index in [9.17, 15) is 19.8 Å². The fourth-order valence-electron chi connectivity index (χ4n) is 1.95. The van der Waals surface area contributed by atoms with Crippen molar-refractivity contribution in [2.45, 2.75) is 6.92 Å². The fraction of sp³-hybridized carbons (Fsp3) is 0.0667. The number of carboxylic acid groups (broad SMARTS) is 1. The number of benzene rings is 2. The third-order valence-electron chi connectivity index (χ3n) is 2.93. The van der Waals surface area contributed by atoms with E-state index in [1.165, 1.54) is 37.3 Å². The Hall–Kier alpha value is -2.82. The molecule has 0 saturated heterocycles. The molecule has 5 nitrogen and oxygen atoms in total. The second-order valence-corrected chi connectivity index (χ2v) is 4.34. The second-order valence-electron chi connectivity index (χ2n) is 4.34. The van der Waals surface area contributed by atoms with Gasteiger partial charge in [-0.3, -0.25) is 4.79 Å². The Bertz CT molecular complexity index is 703. The lowest BCUT2D eigenvalue weighted by Crippen LogP contribution is -2.10. The van der Waals surface area contributed by atoms with E-state index in [1.54, 1.807) is 0 Å². The highest BCUT2D eigenvalue weighted by molar-refractivity contribution is 6.15. The monoisotopic (exact) mass is 272 g/mol. The lowest BCUT2D eigenvalue weighted by Gasteiger charge is -2.09. The molecule has 3 N–H and O–H groups in total. The van der Waals surface area contributed by atoms with Crippen molar-refractivity contribution in [3.05, 3.63) is 58.7 Å². The first-order valence-corrected chi connectivity index (χ1v) is 5.81. The number of carboxylic acids is 1. The molecule has 20 heavy (non-hydrogen) atoms. The van der Waals surface area contributed by atoms with Crippen molar-refractivity contribution >= 4 is 11.8 Å². The van der Waals surface area contributed by atoms with Crippen LogP contribution in [0.4, 0.5) is 0 Å². The van der Waals surface area contributed by atoms with Crippen LogP contribution in [0.5, 0.6) is 11.5 Å². The van der Waals surface area contributed by atoms with Crippen LogP contribution in [-0.2, 0) is 0 Å². The van der Waals surface area contributed by atoms with Gasteiger partial charge in [-0.25, -0.2) is 4.79 Å². The van der Waals surface area contributed by atoms with E-state index in [1.807, 2.05) is 0 Å². The van der Waals surface area contributed by atoms with Gasteiger partial charge < -0.3 is 15.3 Å². The molecular weight excluding hydrogens is 260 g/mol. The topological polar surface area (TPSA) is 94.8 Å². The average Bonchev–Trinajstić information content (AvgIpc) is 2.42. The highest BCUT2D eigenvalue weighted by Gasteiger charge is 2.21. The molecule has 0 saturated carbocycles. The summed E-state index contributed by atoms with van der Waals surface area (Å²) in [5.74, 6) is -2.32. The third-order valence-corrected chi connectivity index (χ3v) is 2.93. The van der Waals surface area contributed by atoms with Crippen LogP contribution < -0.4 is 0 Å². The number of hydrogen-bond donors (Lipinski definition) is 3. The zero-order valence-electron chi connectivity index (χ0n) is 10.6. The quantitative estimate of drug-likeness (QED) is 0.589. The lowest BCUT2D eigenvalue weighted by molar-refractivity contribution is 0.0692. The Morgan fingerprint density at radius 1 is 0.950 bits per heavy atom. The van der Waals surface area contributed by atoms with Gasteiger partial charge in [0.2, 0.25) is 0 Å². The van der Waals surface area contributed by atoms with E-state index < -0.39 is 11.8 Å². The Labute approximate surface area is 114 Å². The van der Waals surface area contributed by atoms with Crippen molar-refractivity contribution in [1.29, 1.82) is 0 Å². The number of ketones is 1. The van der Waals surface area contributed by atoms with E-state index in [-0.39, 0.29) is 28.2 Å². The van der Waals surface area contributed by atoms with Gasteiger partial charge in [-0.05, 0) is 30.7 Å². The number of carbonyl (C=O) groups is 2. The highest BCUT2D eigenvalue weighted by Crippen LogP contribution is 2.29. The number of rotatable bonds is 3. The van der Waals surface area contributed by atoms with Gasteiger partial charge >= 0.3 is 5.97 Å². The Kier molecular flexibility index (Phi) is 3.43. The molecule has 2 aromatic rings. The number of aryl methyl sites for hydroxylation is 1. The molecule has 2 aromatic carbocycles. The van der Waals surface area contributed by atoms with Gasteiger partial charge in [0.05, 0.1) is 11.1 Å². The summed E-state index contributed by atoms with van der Waals surface area (Å²) in [6.45, 7) is 1.54. The molecule has 0 spiro atoms. The molecule has 0 fully saturated rings. The molecule has 0 aromatic heterocycles. The van der Waals surface area contributed by atoms with Crippen LogP contribution in [0.1, 0.15) is 31.8 Å². The third kappa shape index (κ3) is 2.33. The molecular formula is C15H12O5. The molecule has 5 heteroatoms. The summed E-state index contributed by atoms with van der Waals surface area (Å²) < 4.78 is 0. The van der Waals surface area contributed by atoms with Gasteiger partial charge in [-0.15, -0.1) is 0 Å². The maximum absolute atomic E-state index is 12.4. The van der Waals surface area contributed by atoms with Gasteiger partial charge in [0.15, 0.2) is 5.78 Å². The van der Waals surface area contributed by atoms with Crippen molar-refractivity contribution in [3.8, 4) is 11.5 Å². The molecule has 0 bridgehead atoms. The van der Waals surface area contributed by atoms with Gasteiger partial charge in [-0.1, -0.05) is 18.2 Å². The summed E-state index contributed by atoms with van der Waals surface area (Å²) in [6.07, 6.45) is 0. The zero-order chi connectivity index (χ0) is 14.9. The van der Waals surface area contributed by atoms with Crippen LogP contribution in [0.25, 0.3) is 0 Å². The van der Waals surface area contributed by atoms with Crippen LogP contribution >= 0.6 is 0 Å². The molecule has 0 aliphatic carbocycles. The Morgan fingerprint density at radius 2 is 1.55 bits per heavy atom. The number of hydrogen-bond acceptors (Lipinski definition) is 4. The molecule has 102 valence electrons. The van der Waals surface area contributed by atoms with Crippen molar-refractivity contribution in [1.82, 2.24) is 0 Å². The van der Waals surface area contributed by atoms with Crippen molar-refractivity contribution in [2.24, 2.45) is 0 Å². The van der Waals surface area contributed by atoms with Gasteiger partial charge in [0, 0.05) is 5.56 Å². The predicted molar refractivity (Wildman–Crippen MR) is 71.3 cm³/mol. The van der Waals surface area contributed by atoms with Gasteiger partial charge in [0.25, 0.3) is 0 Å². The maximum atomic E-state index is 12.4. The molecule has 0 amide bonds. The molecule has 0 radical (unpaired) electrons. The van der Waals surface area contributed by atoms with E-state index in [0.29, 0.717) is 5.56 Å². The minimum atomic E-state index is -1.23. The number of phenolic OH excluding ortho intramolecular Hbond substituents is 2. The summed E-state index contributed by atoms with van der Waals surface area (Å²) in [7, 11) is 0. The van der Waals surface area contributed by atoms with Crippen LogP contribution in [0.2, 0.25) is 0 Å². The van der Waals surface area contributed by atoms with E-state index in [4.69, 9.17) is 5.11 Å². The molecule has 0 heterocycles. The van der Waals surface area contributed by atoms with Crippen molar-refractivity contribution in [3.63, 3.8) is 0 Å². The molecule has 2 rings (SSSR count). The Balaban J connectivity index is 2.61. The standard InChI is InChI=1S/C15H12O5/c1-8-6-9(16)7-12(13(8)17)14(18)10-4-2-3-5-11(10)15(19)20/h2-7,16-17H,1H3,(H,19,20). The summed E-state index contributed by atoms with van der Waals surface area (Å²) in [4.78, 5) is 23.5. The van der Waals surface area contributed by atoms with Crippen LogP contribution in [0.3, 0.4) is 0 Å². The largest absolute Gasteiger partial charge is 0.508 e. The van der Waals surface area contributed by atoms with Crippen molar-refractivity contribution in [2.75, 3.05) is 0 Å².